The van der Waals surface area contributed by atoms with Gasteiger partial charge in [-0.1, -0.05) is 33.6 Å². The highest BCUT2D eigenvalue weighted by molar-refractivity contribution is 4.98. The molecular weight excluding hydrogens is 148 g/mol. The monoisotopic (exact) mass is 170 g/mol. The minimum absolute atomic E-state index is 0.238. The molecule has 0 radical (unpaired) electrons. The first-order valence-electron chi connectivity index (χ1n) is 5.25. The minimum atomic E-state index is 0.238. The van der Waals surface area contributed by atoms with Gasteiger partial charge in [-0.2, -0.15) is 0 Å². The van der Waals surface area contributed by atoms with Crippen molar-refractivity contribution in [3.63, 3.8) is 0 Å². The van der Waals surface area contributed by atoms with Crippen LogP contribution in [0.1, 0.15) is 52.9 Å². The summed E-state index contributed by atoms with van der Waals surface area (Å²) in [5.41, 5.74) is 0.637. The van der Waals surface area contributed by atoms with Crippen LogP contribution in [-0.2, 0) is 0 Å². The SMILES string of the molecule is CCC1(C)CCCC1(CC)CO. The Morgan fingerprint density at radius 1 is 1.17 bits per heavy atom. The molecule has 2 unspecified atom stereocenters. The van der Waals surface area contributed by atoms with Gasteiger partial charge in [0.05, 0.1) is 0 Å². The van der Waals surface area contributed by atoms with Gasteiger partial charge in [-0.05, 0) is 30.1 Å². The van der Waals surface area contributed by atoms with Crippen molar-refractivity contribution in [1.29, 1.82) is 0 Å². The van der Waals surface area contributed by atoms with E-state index in [1.54, 1.807) is 0 Å². The van der Waals surface area contributed by atoms with E-state index < -0.39 is 0 Å². The zero-order chi connectivity index (χ0) is 9.24. The van der Waals surface area contributed by atoms with Gasteiger partial charge in [-0.15, -0.1) is 0 Å². The maximum Gasteiger partial charge on any atom is 0.0492 e. The van der Waals surface area contributed by atoms with Gasteiger partial charge in [-0.25, -0.2) is 0 Å². The summed E-state index contributed by atoms with van der Waals surface area (Å²) in [7, 11) is 0. The van der Waals surface area contributed by atoms with Crippen LogP contribution in [0.25, 0.3) is 0 Å². The fourth-order valence-electron chi connectivity index (χ4n) is 2.92. The highest BCUT2D eigenvalue weighted by Crippen LogP contribution is 2.56. The van der Waals surface area contributed by atoms with Gasteiger partial charge in [0.15, 0.2) is 0 Å². The van der Waals surface area contributed by atoms with Crippen molar-refractivity contribution in [1.82, 2.24) is 0 Å². The van der Waals surface area contributed by atoms with E-state index in [1.165, 1.54) is 25.7 Å². The summed E-state index contributed by atoms with van der Waals surface area (Å²) in [4.78, 5) is 0. The lowest BCUT2D eigenvalue weighted by molar-refractivity contribution is 0.0131. The van der Waals surface area contributed by atoms with Crippen molar-refractivity contribution in [3.05, 3.63) is 0 Å². The van der Waals surface area contributed by atoms with Crippen molar-refractivity contribution in [2.45, 2.75) is 52.9 Å². The Bertz CT molecular complexity index is 149. The zero-order valence-electron chi connectivity index (χ0n) is 8.69. The summed E-state index contributed by atoms with van der Waals surface area (Å²) in [6, 6.07) is 0. The lowest BCUT2D eigenvalue weighted by Crippen LogP contribution is -2.37. The Kier molecular flexibility index (Phi) is 2.82. The van der Waals surface area contributed by atoms with E-state index in [4.69, 9.17) is 0 Å². The third-order valence-corrected chi connectivity index (χ3v) is 4.42. The standard InChI is InChI=1S/C11H22O/c1-4-10(3)7-6-8-11(10,5-2)9-12/h12H,4-9H2,1-3H3. The molecule has 1 fully saturated rings. The third-order valence-electron chi connectivity index (χ3n) is 4.42. The van der Waals surface area contributed by atoms with Crippen molar-refractivity contribution in [2.24, 2.45) is 10.8 Å². The molecule has 0 amide bonds. The van der Waals surface area contributed by atoms with E-state index in [0.717, 1.165) is 6.42 Å². The largest absolute Gasteiger partial charge is 0.396 e. The summed E-state index contributed by atoms with van der Waals surface area (Å²) >= 11 is 0. The van der Waals surface area contributed by atoms with Crippen molar-refractivity contribution in [2.75, 3.05) is 6.61 Å². The van der Waals surface area contributed by atoms with E-state index in [-0.39, 0.29) is 5.41 Å². The van der Waals surface area contributed by atoms with Gasteiger partial charge < -0.3 is 5.11 Å². The first kappa shape index (κ1) is 10.0. The van der Waals surface area contributed by atoms with Crippen LogP contribution in [0.15, 0.2) is 0 Å². The first-order chi connectivity index (χ1) is 5.64. The van der Waals surface area contributed by atoms with Crippen molar-refractivity contribution in [3.8, 4) is 0 Å². The molecule has 72 valence electrons. The second-order valence-corrected chi connectivity index (χ2v) is 4.56. The number of aliphatic hydroxyl groups excluding tert-OH is 1. The highest BCUT2D eigenvalue weighted by Gasteiger charge is 2.48. The molecule has 12 heavy (non-hydrogen) atoms. The summed E-state index contributed by atoms with van der Waals surface area (Å²) in [5.74, 6) is 0. The molecule has 0 aromatic heterocycles. The Balaban J connectivity index is 2.85. The molecule has 0 saturated heterocycles. The van der Waals surface area contributed by atoms with Gasteiger partial charge >= 0.3 is 0 Å². The minimum Gasteiger partial charge on any atom is -0.396 e. The molecule has 1 N–H and O–H groups in total. The predicted molar refractivity (Wildman–Crippen MR) is 52.1 cm³/mol. The topological polar surface area (TPSA) is 20.2 Å². The molecule has 0 spiro atoms. The molecule has 0 aromatic rings. The molecule has 1 heteroatoms. The summed E-state index contributed by atoms with van der Waals surface area (Å²) in [5, 5.41) is 9.48. The summed E-state index contributed by atoms with van der Waals surface area (Å²) in [6.45, 7) is 7.20. The smallest absolute Gasteiger partial charge is 0.0492 e. The van der Waals surface area contributed by atoms with Crippen LogP contribution < -0.4 is 0 Å². The van der Waals surface area contributed by atoms with Crippen LogP contribution in [-0.4, -0.2) is 11.7 Å². The van der Waals surface area contributed by atoms with Crippen LogP contribution >= 0.6 is 0 Å². The van der Waals surface area contributed by atoms with E-state index in [0.29, 0.717) is 12.0 Å². The van der Waals surface area contributed by atoms with E-state index in [9.17, 15) is 5.11 Å². The lowest BCUT2D eigenvalue weighted by atomic mass is 9.64. The van der Waals surface area contributed by atoms with Gasteiger partial charge in [0.1, 0.15) is 0 Å². The second-order valence-electron chi connectivity index (χ2n) is 4.56. The third kappa shape index (κ3) is 1.19. The van der Waals surface area contributed by atoms with Gasteiger partial charge in [0.2, 0.25) is 0 Å². The summed E-state index contributed by atoms with van der Waals surface area (Å²) < 4.78 is 0. The van der Waals surface area contributed by atoms with Gasteiger partial charge in [0, 0.05) is 6.61 Å². The Morgan fingerprint density at radius 2 is 1.83 bits per heavy atom. The highest BCUT2D eigenvalue weighted by atomic mass is 16.3. The average molecular weight is 170 g/mol. The maximum atomic E-state index is 9.48. The van der Waals surface area contributed by atoms with Crippen LogP contribution in [0.5, 0.6) is 0 Å². The Hall–Kier alpha value is -0.0400. The molecule has 0 heterocycles. The molecule has 0 bridgehead atoms. The van der Waals surface area contributed by atoms with Gasteiger partial charge in [-0.3, -0.25) is 0 Å². The average Bonchev–Trinajstić information content (AvgIpc) is 2.44. The maximum absolute atomic E-state index is 9.48. The van der Waals surface area contributed by atoms with E-state index in [1.807, 2.05) is 0 Å². The normalized spacial score (nSPS) is 42.0. The van der Waals surface area contributed by atoms with Crippen LogP contribution in [0.2, 0.25) is 0 Å². The van der Waals surface area contributed by atoms with E-state index in [2.05, 4.69) is 20.8 Å². The van der Waals surface area contributed by atoms with Crippen molar-refractivity contribution < 1.29 is 5.11 Å². The number of hydrogen-bond acceptors (Lipinski definition) is 1. The van der Waals surface area contributed by atoms with Crippen LogP contribution in [0.4, 0.5) is 0 Å². The summed E-state index contributed by atoms with van der Waals surface area (Å²) in [6.07, 6.45) is 6.18. The zero-order valence-corrected chi connectivity index (χ0v) is 8.69. The molecule has 1 rings (SSSR count). The number of hydrogen-bond donors (Lipinski definition) is 1. The molecule has 0 aliphatic heterocycles. The Morgan fingerprint density at radius 3 is 2.17 bits per heavy atom. The van der Waals surface area contributed by atoms with Gasteiger partial charge in [0.25, 0.3) is 0 Å². The molecule has 0 aromatic carbocycles. The second kappa shape index (κ2) is 3.37. The quantitative estimate of drug-likeness (QED) is 0.690. The fourth-order valence-corrected chi connectivity index (χ4v) is 2.92. The fraction of sp³-hybridized carbons (Fsp3) is 1.00. The van der Waals surface area contributed by atoms with Crippen LogP contribution in [0, 0.1) is 10.8 Å². The molecule has 2 atom stereocenters. The number of aliphatic hydroxyl groups is 1. The molecule has 1 nitrogen and oxygen atoms in total. The van der Waals surface area contributed by atoms with Crippen LogP contribution in [0.3, 0.4) is 0 Å². The van der Waals surface area contributed by atoms with E-state index >= 15 is 0 Å². The Labute approximate surface area is 76.2 Å². The first-order valence-corrected chi connectivity index (χ1v) is 5.25. The number of rotatable bonds is 3. The molecule has 1 aliphatic rings. The molecular formula is C11H22O. The molecule has 1 aliphatic carbocycles. The van der Waals surface area contributed by atoms with Crippen molar-refractivity contribution >= 4 is 0 Å². The lowest BCUT2D eigenvalue weighted by Gasteiger charge is -2.41. The predicted octanol–water partition coefficient (Wildman–Crippen LogP) is 2.98. The molecule has 1 saturated carbocycles.